The molecule has 138 valence electrons. The zero-order valence-electron chi connectivity index (χ0n) is 14.6. The summed E-state index contributed by atoms with van der Waals surface area (Å²) in [6, 6.07) is -0.00192. The molecule has 1 aromatic rings. The topological polar surface area (TPSA) is 79.8 Å². The van der Waals surface area contributed by atoms with E-state index in [2.05, 4.69) is 20.2 Å². The number of rotatable bonds is 7. The molecule has 2 saturated heterocycles. The Morgan fingerprint density at radius 1 is 1.32 bits per heavy atom. The van der Waals surface area contributed by atoms with E-state index < -0.39 is 0 Å². The number of urea groups is 1. The van der Waals surface area contributed by atoms with Gasteiger partial charge in [0.15, 0.2) is 0 Å². The molecule has 0 radical (unpaired) electrons. The summed E-state index contributed by atoms with van der Waals surface area (Å²) in [6.07, 6.45) is 8.42. The van der Waals surface area contributed by atoms with Gasteiger partial charge in [0, 0.05) is 58.3 Å². The summed E-state index contributed by atoms with van der Waals surface area (Å²) >= 11 is 0. The number of nitrogens with zero attached hydrogens (tertiary/aromatic N) is 4. The number of piperazine rings is 1. The average Bonchev–Trinajstić information content (AvgIpc) is 3.19. The molecule has 1 N–H and O–H groups in total. The first kappa shape index (κ1) is 17.9. The lowest BCUT2D eigenvalue weighted by Gasteiger charge is -2.35. The molecule has 0 bridgehead atoms. The first-order valence-electron chi connectivity index (χ1n) is 9.06. The van der Waals surface area contributed by atoms with E-state index in [-0.39, 0.29) is 12.1 Å². The van der Waals surface area contributed by atoms with Crippen LogP contribution in [0.15, 0.2) is 18.6 Å². The number of nitrogens with one attached hydrogen (secondary N) is 1. The predicted molar refractivity (Wildman–Crippen MR) is 93.6 cm³/mol. The van der Waals surface area contributed by atoms with Crippen molar-refractivity contribution in [2.75, 3.05) is 57.4 Å². The maximum absolute atomic E-state index is 12.2. The van der Waals surface area contributed by atoms with E-state index in [1.54, 1.807) is 18.6 Å². The molecule has 3 rings (SSSR count). The van der Waals surface area contributed by atoms with E-state index in [9.17, 15) is 4.79 Å². The molecule has 0 spiro atoms. The van der Waals surface area contributed by atoms with Crippen LogP contribution in [0.5, 0.6) is 0 Å². The third kappa shape index (κ3) is 5.54. The second-order valence-corrected chi connectivity index (χ2v) is 6.33. The van der Waals surface area contributed by atoms with E-state index in [0.29, 0.717) is 32.8 Å². The molecule has 0 saturated carbocycles. The maximum Gasteiger partial charge on any atom is 0.317 e. The fraction of sp³-hybridized carbons (Fsp3) is 0.706. The van der Waals surface area contributed by atoms with Gasteiger partial charge in [0.1, 0.15) is 5.82 Å². The normalized spacial score (nSPS) is 20.7. The molecule has 1 aromatic heterocycles. The van der Waals surface area contributed by atoms with Crippen LogP contribution in [0.3, 0.4) is 0 Å². The number of aromatic nitrogens is 2. The monoisotopic (exact) mass is 349 g/mol. The number of hydrogen-bond donors (Lipinski definition) is 1. The minimum atomic E-state index is -0.00192. The number of ether oxygens (including phenoxy) is 2. The lowest BCUT2D eigenvalue weighted by atomic mass is 10.2. The summed E-state index contributed by atoms with van der Waals surface area (Å²) in [5.74, 6) is 0.867. The highest BCUT2D eigenvalue weighted by atomic mass is 16.5. The van der Waals surface area contributed by atoms with Crippen LogP contribution >= 0.6 is 0 Å². The zero-order valence-corrected chi connectivity index (χ0v) is 14.6. The van der Waals surface area contributed by atoms with Gasteiger partial charge in [-0.3, -0.25) is 4.98 Å². The van der Waals surface area contributed by atoms with E-state index in [1.165, 1.54) is 0 Å². The molecule has 8 nitrogen and oxygen atoms in total. The van der Waals surface area contributed by atoms with E-state index in [4.69, 9.17) is 9.47 Å². The van der Waals surface area contributed by atoms with Gasteiger partial charge >= 0.3 is 6.03 Å². The number of hydrogen-bond acceptors (Lipinski definition) is 6. The highest BCUT2D eigenvalue weighted by molar-refractivity contribution is 5.74. The van der Waals surface area contributed by atoms with Crippen LogP contribution in [0, 0.1) is 0 Å². The summed E-state index contributed by atoms with van der Waals surface area (Å²) in [5.41, 5.74) is 0. The summed E-state index contributed by atoms with van der Waals surface area (Å²) in [5, 5.41) is 2.96. The Kier molecular flexibility index (Phi) is 6.81. The molecular formula is C17H27N5O3. The zero-order chi connectivity index (χ0) is 17.3. The van der Waals surface area contributed by atoms with Crippen molar-refractivity contribution in [1.82, 2.24) is 20.2 Å². The van der Waals surface area contributed by atoms with E-state index in [1.807, 2.05) is 4.90 Å². The quantitative estimate of drug-likeness (QED) is 0.737. The van der Waals surface area contributed by atoms with Crippen LogP contribution in [0.1, 0.15) is 19.3 Å². The minimum absolute atomic E-state index is 0.00192. The summed E-state index contributed by atoms with van der Waals surface area (Å²) < 4.78 is 11.1. The van der Waals surface area contributed by atoms with E-state index in [0.717, 1.165) is 44.8 Å². The van der Waals surface area contributed by atoms with Crippen molar-refractivity contribution in [3.8, 4) is 0 Å². The first-order valence-corrected chi connectivity index (χ1v) is 9.06. The van der Waals surface area contributed by atoms with Crippen molar-refractivity contribution in [2.45, 2.75) is 25.4 Å². The predicted octanol–water partition coefficient (Wildman–Crippen LogP) is 0.894. The standard InChI is InChI=1S/C17H27N5O3/c23-17(20-4-2-11-24-14-15-3-1-12-25-15)22-9-7-21(8-10-22)16-13-18-5-6-19-16/h5-6,13,15H,1-4,7-12,14H2,(H,20,23)/t15-/m0/s1. The lowest BCUT2D eigenvalue weighted by Crippen LogP contribution is -2.52. The van der Waals surface area contributed by atoms with Crippen molar-refractivity contribution in [3.05, 3.63) is 18.6 Å². The molecule has 2 fully saturated rings. The maximum atomic E-state index is 12.2. The van der Waals surface area contributed by atoms with Crippen LogP contribution in [0.25, 0.3) is 0 Å². The van der Waals surface area contributed by atoms with Crippen LogP contribution < -0.4 is 10.2 Å². The smallest absolute Gasteiger partial charge is 0.317 e. The Balaban J connectivity index is 1.25. The number of amides is 2. The Morgan fingerprint density at radius 3 is 2.92 bits per heavy atom. The van der Waals surface area contributed by atoms with Gasteiger partial charge in [-0.2, -0.15) is 0 Å². The molecule has 0 aromatic carbocycles. The van der Waals surface area contributed by atoms with Crippen molar-refractivity contribution in [1.29, 1.82) is 0 Å². The molecule has 8 heteroatoms. The second kappa shape index (κ2) is 9.53. The summed E-state index contributed by atoms with van der Waals surface area (Å²) in [7, 11) is 0. The minimum Gasteiger partial charge on any atom is -0.379 e. The van der Waals surface area contributed by atoms with Crippen molar-refractivity contribution in [3.63, 3.8) is 0 Å². The van der Waals surface area contributed by atoms with Gasteiger partial charge in [0.2, 0.25) is 0 Å². The van der Waals surface area contributed by atoms with Gasteiger partial charge in [-0.25, -0.2) is 9.78 Å². The van der Waals surface area contributed by atoms with Crippen molar-refractivity contribution < 1.29 is 14.3 Å². The fourth-order valence-corrected chi connectivity index (χ4v) is 3.07. The largest absolute Gasteiger partial charge is 0.379 e. The Labute approximate surface area is 148 Å². The third-order valence-corrected chi connectivity index (χ3v) is 4.51. The van der Waals surface area contributed by atoms with Crippen LogP contribution in [0.4, 0.5) is 10.6 Å². The van der Waals surface area contributed by atoms with Gasteiger partial charge in [0.25, 0.3) is 0 Å². The Bertz CT molecular complexity index is 516. The van der Waals surface area contributed by atoms with Gasteiger partial charge < -0.3 is 24.6 Å². The summed E-state index contributed by atoms with van der Waals surface area (Å²) in [6.45, 7) is 5.74. The van der Waals surface area contributed by atoms with Crippen LogP contribution in [-0.2, 0) is 9.47 Å². The average molecular weight is 349 g/mol. The fourth-order valence-electron chi connectivity index (χ4n) is 3.07. The molecule has 2 amide bonds. The third-order valence-electron chi connectivity index (χ3n) is 4.51. The Hall–Kier alpha value is -1.93. The van der Waals surface area contributed by atoms with Crippen LogP contribution in [0.2, 0.25) is 0 Å². The molecule has 3 heterocycles. The molecule has 0 unspecified atom stereocenters. The highest BCUT2D eigenvalue weighted by Crippen LogP contribution is 2.12. The highest BCUT2D eigenvalue weighted by Gasteiger charge is 2.21. The number of anilines is 1. The molecule has 2 aliphatic rings. The van der Waals surface area contributed by atoms with Crippen molar-refractivity contribution >= 4 is 11.8 Å². The number of carbonyl (C=O) groups excluding carboxylic acids is 1. The SMILES string of the molecule is O=C(NCCCOC[C@@H]1CCCO1)N1CCN(c2cnccn2)CC1. The molecule has 25 heavy (non-hydrogen) atoms. The Morgan fingerprint density at radius 2 is 2.20 bits per heavy atom. The van der Waals surface area contributed by atoms with Gasteiger partial charge in [0.05, 0.1) is 18.9 Å². The molecule has 2 aliphatic heterocycles. The molecule has 1 atom stereocenters. The lowest BCUT2D eigenvalue weighted by molar-refractivity contribution is 0.0167. The van der Waals surface area contributed by atoms with Gasteiger partial charge in [-0.15, -0.1) is 0 Å². The van der Waals surface area contributed by atoms with Gasteiger partial charge in [-0.1, -0.05) is 0 Å². The van der Waals surface area contributed by atoms with E-state index >= 15 is 0 Å². The molecular weight excluding hydrogens is 322 g/mol. The number of carbonyl (C=O) groups is 1. The van der Waals surface area contributed by atoms with Crippen molar-refractivity contribution in [2.24, 2.45) is 0 Å². The van der Waals surface area contributed by atoms with Crippen LogP contribution in [-0.4, -0.2) is 79.5 Å². The van der Waals surface area contributed by atoms with Gasteiger partial charge in [-0.05, 0) is 19.3 Å². The first-order chi connectivity index (χ1) is 12.3. The molecule has 0 aliphatic carbocycles. The summed E-state index contributed by atoms with van der Waals surface area (Å²) in [4.78, 5) is 24.6. The second-order valence-electron chi connectivity index (χ2n) is 6.33.